The third-order valence-electron chi connectivity index (χ3n) is 4.37. The molecule has 0 amide bonds. The van der Waals surface area contributed by atoms with Crippen LogP contribution in [0.15, 0.2) is 63.1 Å². The zero-order valence-corrected chi connectivity index (χ0v) is 14.2. The number of aromatic hydroxyl groups is 1. The zero-order valence-electron chi connectivity index (χ0n) is 14.2. The lowest BCUT2D eigenvalue weighted by molar-refractivity contribution is 0.429. The summed E-state index contributed by atoms with van der Waals surface area (Å²) in [5, 5.41) is 10.6. The summed E-state index contributed by atoms with van der Waals surface area (Å²) in [5.41, 5.74) is 1.57. The van der Waals surface area contributed by atoms with Crippen molar-refractivity contribution in [1.82, 2.24) is 9.55 Å². The standard InChI is InChI=1S/C20H14FN3O3/c1-11-15(14-4-2-3-5-17(14)22-11)10-16-18(25)23-20(27)24(19(16)26)13-8-6-12(21)7-9-13/h2-10,26H,1H3,(H,23,25,27)/b15-10+. The molecule has 6 nitrogen and oxygen atoms in total. The molecule has 1 aliphatic heterocycles. The quantitative estimate of drug-likeness (QED) is 0.734. The van der Waals surface area contributed by atoms with Crippen LogP contribution in [0.5, 0.6) is 5.88 Å². The molecule has 0 spiro atoms. The zero-order chi connectivity index (χ0) is 19.1. The minimum absolute atomic E-state index is 0.0832. The largest absolute Gasteiger partial charge is 0.494 e. The second-order valence-electron chi connectivity index (χ2n) is 6.08. The minimum atomic E-state index is -0.816. The molecule has 0 saturated heterocycles. The summed E-state index contributed by atoms with van der Waals surface area (Å²) in [4.78, 5) is 31.2. The highest BCUT2D eigenvalue weighted by Crippen LogP contribution is 2.36. The third kappa shape index (κ3) is 2.79. The van der Waals surface area contributed by atoms with E-state index >= 15 is 0 Å². The van der Waals surface area contributed by atoms with Crippen molar-refractivity contribution in [2.75, 3.05) is 0 Å². The number of hydrogen-bond donors (Lipinski definition) is 2. The van der Waals surface area contributed by atoms with Crippen molar-refractivity contribution >= 4 is 23.0 Å². The number of benzene rings is 2. The molecule has 1 aliphatic rings. The molecule has 27 heavy (non-hydrogen) atoms. The smallest absolute Gasteiger partial charge is 0.335 e. The Morgan fingerprint density at radius 2 is 1.81 bits per heavy atom. The normalized spacial score (nSPS) is 14.3. The number of aromatic nitrogens is 2. The maximum Gasteiger partial charge on any atom is 0.335 e. The van der Waals surface area contributed by atoms with E-state index in [1.54, 1.807) is 6.92 Å². The van der Waals surface area contributed by atoms with E-state index in [0.29, 0.717) is 11.3 Å². The van der Waals surface area contributed by atoms with Crippen LogP contribution in [0.2, 0.25) is 0 Å². The van der Waals surface area contributed by atoms with Gasteiger partial charge in [-0.1, -0.05) is 18.2 Å². The van der Waals surface area contributed by atoms with E-state index in [9.17, 15) is 19.1 Å². The van der Waals surface area contributed by atoms with Gasteiger partial charge in [-0.2, -0.15) is 0 Å². The highest BCUT2D eigenvalue weighted by Gasteiger charge is 2.20. The summed E-state index contributed by atoms with van der Waals surface area (Å²) in [6.07, 6.45) is 1.50. The van der Waals surface area contributed by atoms with Gasteiger partial charge in [0.2, 0.25) is 5.88 Å². The van der Waals surface area contributed by atoms with Crippen molar-refractivity contribution in [3.8, 4) is 11.6 Å². The fraction of sp³-hybridized carbons (Fsp3) is 0.0500. The molecule has 7 heteroatoms. The molecule has 2 heterocycles. The number of halogens is 1. The van der Waals surface area contributed by atoms with Crippen LogP contribution >= 0.6 is 0 Å². The molecule has 0 saturated carbocycles. The van der Waals surface area contributed by atoms with Gasteiger partial charge in [-0.25, -0.2) is 13.8 Å². The Kier molecular flexibility index (Phi) is 3.84. The number of nitrogens with one attached hydrogen (secondary N) is 1. The molecule has 3 aromatic rings. The van der Waals surface area contributed by atoms with Crippen LogP contribution in [0.4, 0.5) is 10.1 Å². The van der Waals surface area contributed by atoms with Crippen LogP contribution < -0.4 is 11.2 Å². The molecule has 0 bridgehead atoms. The van der Waals surface area contributed by atoms with Gasteiger partial charge in [-0.3, -0.25) is 14.8 Å². The summed E-state index contributed by atoms with van der Waals surface area (Å²) < 4.78 is 14.1. The number of fused-ring (bicyclic) bond motifs is 1. The number of aliphatic imine (C=N–C) groups is 1. The number of allylic oxidation sites excluding steroid dienone is 1. The predicted octanol–water partition coefficient (Wildman–Crippen LogP) is 3.02. The summed E-state index contributed by atoms with van der Waals surface area (Å²) in [7, 11) is 0. The van der Waals surface area contributed by atoms with E-state index in [0.717, 1.165) is 28.0 Å². The van der Waals surface area contributed by atoms with Crippen LogP contribution in [0.25, 0.3) is 17.3 Å². The van der Waals surface area contributed by atoms with Gasteiger partial charge < -0.3 is 5.11 Å². The van der Waals surface area contributed by atoms with Crippen molar-refractivity contribution < 1.29 is 9.50 Å². The fourth-order valence-corrected chi connectivity index (χ4v) is 3.06. The Hall–Kier alpha value is -3.74. The van der Waals surface area contributed by atoms with E-state index in [1.807, 2.05) is 24.3 Å². The highest BCUT2D eigenvalue weighted by atomic mass is 19.1. The Labute approximate surface area is 152 Å². The van der Waals surface area contributed by atoms with Gasteiger partial charge in [0.25, 0.3) is 5.56 Å². The summed E-state index contributed by atoms with van der Waals surface area (Å²) in [5.74, 6) is -1.01. The number of hydrogen-bond acceptors (Lipinski definition) is 4. The van der Waals surface area contributed by atoms with Crippen molar-refractivity contribution in [2.45, 2.75) is 6.92 Å². The van der Waals surface area contributed by atoms with E-state index in [-0.39, 0.29) is 11.3 Å². The maximum absolute atomic E-state index is 13.2. The Morgan fingerprint density at radius 1 is 1.11 bits per heavy atom. The average molecular weight is 363 g/mol. The first kappa shape index (κ1) is 16.7. The van der Waals surface area contributed by atoms with Gasteiger partial charge in [-0.15, -0.1) is 0 Å². The lowest BCUT2D eigenvalue weighted by Gasteiger charge is -2.10. The Morgan fingerprint density at radius 3 is 2.56 bits per heavy atom. The van der Waals surface area contributed by atoms with Crippen molar-refractivity contribution in [2.24, 2.45) is 4.99 Å². The molecule has 0 unspecified atom stereocenters. The SMILES string of the molecule is CC1=Nc2ccccc2/C1=C/c1c(O)n(-c2ccc(F)cc2)c(=O)[nH]c1=O. The topological polar surface area (TPSA) is 87.4 Å². The first-order valence-electron chi connectivity index (χ1n) is 8.16. The van der Waals surface area contributed by atoms with Crippen molar-refractivity contribution in [1.29, 1.82) is 0 Å². The molecule has 0 aliphatic carbocycles. The minimum Gasteiger partial charge on any atom is -0.494 e. The van der Waals surface area contributed by atoms with Crippen molar-refractivity contribution in [3.05, 3.63) is 86.3 Å². The predicted molar refractivity (Wildman–Crippen MR) is 101 cm³/mol. The fourth-order valence-electron chi connectivity index (χ4n) is 3.06. The van der Waals surface area contributed by atoms with E-state index in [1.165, 1.54) is 18.2 Å². The molecule has 2 aromatic carbocycles. The summed E-state index contributed by atoms with van der Waals surface area (Å²) >= 11 is 0. The number of H-pyrrole nitrogens is 1. The molecule has 4 rings (SSSR count). The number of nitrogens with zero attached hydrogens (tertiary/aromatic N) is 2. The highest BCUT2D eigenvalue weighted by molar-refractivity contribution is 6.31. The molecular formula is C20H14FN3O3. The van der Waals surface area contributed by atoms with E-state index in [2.05, 4.69) is 9.98 Å². The van der Waals surface area contributed by atoms with E-state index in [4.69, 9.17) is 0 Å². The van der Waals surface area contributed by atoms with Gasteiger partial charge >= 0.3 is 5.69 Å². The van der Waals surface area contributed by atoms with E-state index < -0.39 is 22.9 Å². The monoisotopic (exact) mass is 363 g/mol. The Balaban J connectivity index is 1.94. The molecule has 0 fully saturated rings. The van der Waals surface area contributed by atoms with Gasteiger partial charge in [0.15, 0.2) is 0 Å². The third-order valence-corrected chi connectivity index (χ3v) is 4.37. The van der Waals surface area contributed by atoms with Gasteiger partial charge in [-0.05, 0) is 43.3 Å². The lowest BCUT2D eigenvalue weighted by Crippen LogP contribution is -2.30. The summed E-state index contributed by atoms with van der Waals surface area (Å²) in [6.45, 7) is 1.80. The molecule has 0 radical (unpaired) electrons. The Bertz CT molecular complexity index is 1230. The lowest BCUT2D eigenvalue weighted by atomic mass is 10.0. The molecule has 1 aromatic heterocycles. The van der Waals surface area contributed by atoms with Gasteiger partial charge in [0.1, 0.15) is 11.4 Å². The second kappa shape index (κ2) is 6.21. The number of para-hydroxylation sites is 1. The van der Waals surface area contributed by atoms with Crippen LogP contribution in [0, 0.1) is 5.82 Å². The molecular weight excluding hydrogens is 349 g/mol. The number of aromatic amines is 1. The van der Waals surface area contributed by atoms with Crippen LogP contribution in [0.1, 0.15) is 18.1 Å². The first-order valence-corrected chi connectivity index (χ1v) is 8.16. The van der Waals surface area contributed by atoms with Crippen LogP contribution in [-0.4, -0.2) is 20.4 Å². The molecule has 134 valence electrons. The van der Waals surface area contributed by atoms with Gasteiger partial charge in [0.05, 0.1) is 11.4 Å². The average Bonchev–Trinajstić information content (AvgIpc) is 2.95. The van der Waals surface area contributed by atoms with Gasteiger partial charge in [0, 0.05) is 16.8 Å². The first-order chi connectivity index (χ1) is 13.0. The maximum atomic E-state index is 13.2. The summed E-state index contributed by atoms with van der Waals surface area (Å²) in [6, 6.07) is 12.4. The number of rotatable bonds is 2. The molecule has 0 atom stereocenters. The second-order valence-corrected chi connectivity index (χ2v) is 6.08. The molecule has 2 N–H and O–H groups in total. The van der Waals surface area contributed by atoms with Crippen molar-refractivity contribution in [3.63, 3.8) is 0 Å². The van der Waals surface area contributed by atoms with Crippen LogP contribution in [0.3, 0.4) is 0 Å². The van der Waals surface area contributed by atoms with Crippen LogP contribution in [-0.2, 0) is 0 Å².